The van der Waals surface area contributed by atoms with Crippen molar-refractivity contribution < 1.29 is 0 Å². The number of hydrogen-bond donors (Lipinski definition) is 0. The van der Waals surface area contributed by atoms with Gasteiger partial charge in [-0.15, -0.1) is 5.73 Å². The van der Waals surface area contributed by atoms with Gasteiger partial charge in [-0.1, -0.05) is 84.5 Å². The van der Waals surface area contributed by atoms with Crippen LogP contribution >= 0.6 is 0 Å². The highest BCUT2D eigenvalue weighted by molar-refractivity contribution is 4.84. The Bertz CT molecular complexity index is 220. The van der Waals surface area contributed by atoms with Gasteiger partial charge < -0.3 is 0 Å². The summed E-state index contributed by atoms with van der Waals surface area (Å²) >= 11 is 0. The van der Waals surface area contributed by atoms with Crippen LogP contribution < -0.4 is 0 Å². The van der Waals surface area contributed by atoms with Gasteiger partial charge in [0, 0.05) is 0 Å². The highest BCUT2D eigenvalue weighted by atomic mass is 14.0. The first-order valence-electron chi connectivity index (χ1n) is 9.31. The molecule has 0 rings (SSSR count). The smallest absolute Gasteiger partial charge is 0.0274 e. The maximum atomic E-state index is 3.33. The fourth-order valence-electron chi connectivity index (χ4n) is 2.48. The zero-order valence-electron chi connectivity index (χ0n) is 14.3. The summed E-state index contributed by atoms with van der Waals surface area (Å²) in [4.78, 5) is 0. The molecule has 0 heterocycles. The van der Waals surface area contributed by atoms with Crippen molar-refractivity contribution in [3.8, 4) is 0 Å². The number of hydrogen-bond acceptors (Lipinski definition) is 0. The molecule has 0 heteroatoms. The van der Waals surface area contributed by atoms with Crippen molar-refractivity contribution in [2.75, 3.05) is 0 Å². The maximum absolute atomic E-state index is 3.33. The summed E-state index contributed by atoms with van der Waals surface area (Å²) in [7, 11) is 0. The van der Waals surface area contributed by atoms with E-state index in [1.807, 2.05) is 0 Å². The third-order valence-electron chi connectivity index (χ3n) is 3.89. The van der Waals surface area contributed by atoms with Crippen LogP contribution in [0.5, 0.6) is 0 Å². The van der Waals surface area contributed by atoms with Gasteiger partial charge in [0.05, 0.1) is 0 Å². The molecule has 0 unspecified atom stereocenters. The Morgan fingerprint density at radius 1 is 0.500 bits per heavy atom. The predicted octanol–water partition coefficient (Wildman–Crippen LogP) is 7.59. The second-order valence-corrected chi connectivity index (χ2v) is 6.04. The zero-order valence-corrected chi connectivity index (χ0v) is 14.3. The van der Waals surface area contributed by atoms with Gasteiger partial charge in [0.1, 0.15) is 0 Å². The molecule has 0 aromatic rings. The van der Waals surface area contributed by atoms with Crippen LogP contribution in [0.4, 0.5) is 0 Å². The number of unbranched alkanes of at least 4 members (excludes halogenated alkanes) is 13. The van der Waals surface area contributed by atoms with Gasteiger partial charge in [-0.2, -0.15) is 0 Å². The summed E-state index contributed by atoms with van der Waals surface area (Å²) in [6, 6.07) is 0. The minimum Gasteiger partial charge on any atom is -0.130 e. The Labute approximate surface area is 128 Å². The molecule has 0 amide bonds. The van der Waals surface area contributed by atoms with E-state index >= 15 is 0 Å². The van der Waals surface area contributed by atoms with Crippen LogP contribution in [-0.2, 0) is 0 Å². The Kier molecular flexibility index (Phi) is 18.1. The van der Waals surface area contributed by atoms with E-state index in [2.05, 4.69) is 31.7 Å². The van der Waals surface area contributed by atoms with Crippen LogP contribution in [0.15, 0.2) is 17.9 Å². The summed E-state index contributed by atoms with van der Waals surface area (Å²) < 4.78 is 0. The monoisotopic (exact) mass is 278 g/mol. The van der Waals surface area contributed by atoms with Crippen LogP contribution in [0.3, 0.4) is 0 Å². The van der Waals surface area contributed by atoms with Crippen molar-refractivity contribution >= 4 is 0 Å². The molecule has 0 saturated carbocycles. The van der Waals surface area contributed by atoms with Crippen molar-refractivity contribution in [3.05, 3.63) is 17.9 Å². The summed E-state index contributed by atoms with van der Waals surface area (Å²) in [5.41, 5.74) is 3.33. The maximum Gasteiger partial charge on any atom is -0.0274 e. The van der Waals surface area contributed by atoms with Crippen LogP contribution in [-0.4, -0.2) is 0 Å². The standard InChI is InChI=1S/C20H38/c1-3-5-7-9-11-13-15-17-19-20-18-16-14-12-10-8-6-4-2/h11,15H,3-10,12,14,16-20H2,1-2H3. The van der Waals surface area contributed by atoms with E-state index in [9.17, 15) is 0 Å². The lowest BCUT2D eigenvalue weighted by Gasteiger charge is -2.00. The lowest BCUT2D eigenvalue weighted by atomic mass is 10.1. The van der Waals surface area contributed by atoms with E-state index in [0.717, 1.165) is 0 Å². The van der Waals surface area contributed by atoms with Gasteiger partial charge >= 0.3 is 0 Å². The number of rotatable bonds is 15. The fraction of sp³-hybridized carbons (Fsp3) is 0.850. The Balaban J connectivity index is 3.10. The first-order valence-corrected chi connectivity index (χ1v) is 9.31. The second kappa shape index (κ2) is 18.5. The van der Waals surface area contributed by atoms with Crippen LogP contribution in [0, 0.1) is 0 Å². The van der Waals surface area contributed by atoms with E-state index in [1.165, 1.54) is 96.3 Å². The first kappa shape index (κ1) is 19.5. The minimum atomic E-state index is 1.21. The summed E-state index contributed by atoms with van der Waals surface area (Å²) in [6.07, 6.45) is 25.1. The van der Waals surface area contributed by atoms with E-state index in [-0.39, 0.29) is 0 Å². The van der Waals surface area contributed by atoms with Crippen molar-refractivity contribution in [2.45, 2.75) is 110 Å². The predicted molar refractivity (Wildman–Crippen MR) is 93.3 cm³/mol. The quantitative estimate of drug-likeness (QED) is 0.214. The van der Waals surface area contributed by atoms with Gasteiger partial charge in [0.25, 0.3) is 0 Å². The minimum absolute atomic E-state index is 1.21. The molecule has 0 bridgehead atoms. The molecule has 0 aromatic carbocycles. The average Bonchev–Trinajstić information content (AvgIpc) is 2.47. The van der Waals surface area contributed by atoms with E-state index in [1.54, 1.807) is 0 Å². The Morgan fingerprint density at radius 2 is 0.850 bits per heavy atom. The fourth-order valence-corrected chi connectivity index (χ4v) is 2.48. The Morgan fingerprint density at radius 3 is 1.35 bits per heavy atom. The Hall–Kier alpha value is -0.480. The van der Waals surface area contributed by atoms with Crippen molar-refractivity contribution in [1.29, 1.82) is 0 Å². The molecule has 0 aliphatic rings. The van der Waals surface area contributed by atoms with Crippen LogP contribution in [0.25, 0.3) is 0 Å². The van der Waals surface area contributed by atoms with E-state index in [4.69, 9.17) is 0 Å². The largest absolute Gasteiger partial charge is 0.130 e. The average molecular weight is 279 g/mol. The van der Waals surface area contributed by atoms with E-state index < -0.39 is 0 Å². The van der Waals surface area contributed by atoms with Gasteiger partial charge in [-0.25, -0.2) is 0 Å². The van der Waals surface area contributed by atoms with Gasteiger partial charge in [-0.05, 0) is 37.8 Å². The SMILES string of the molecule is CCCCCC=C=CCCCCCCCCCCCC. The van der Waals surface area contributed by atoms with Gasteiger partial charge in [0.15, 0.2) is 0 Å². The summed E-state index contributed by atoms with van der Waals surface area (Å²) in [5, 5.41) is 0. The van der Waals surface area contributed by atoms with Crippen LogP contribution in [0.2, 0.25) is 0 Å². The molecular formula is C20H38. The first-order chi connectivity index (χ1) is 9.91. The molecule has 0 spiro atoms. The summed E-state index contributed by atoms with van der Waals surface area (Å²) in [6.45, 7) is 4.54. The molecule has 20 heavy (non-hydrogen) atoms. The molecule has 0 fully saturated rings. The lowest BCUT2D eigenvalue weighted by Crippen LogP contribution is -1.81. The highest BCUT2D eigenvalue weighted by Gasteiger charge is 1.91. The summed E-state index contributed by atoms with van der Waals surface area (Å²) in [5.74, 6) is 0. The molecule has 0 radical (unpaired) electrons. The van der Waals surface area contributed by atoms with Crippen molar-refractivity contribution in [3.63, 3.8) is 0 Å². The molecule has 0 aliphatic carbocycles. The molecule has 0 N–H and O–H groups in total. The van der Waals surface area contributed by atoms with Crippen LogP contribution in [0.1, 0.15) is 110 Å². The van der Waals surface area contributed by atoms with Gasteiger partial charge in [-0.3, -0.25) is 0 Å². The molecule has 0 aromatic heterocycles. The third kappa shape index (κ3) is 17.5. The molecule has 0 aliphatic heterocycles. The molecular weight excluding hydrogens is 240 g/mol. The van der Waals surface area contributed by atoms with Crippen molar-refractivity contribution in [1.82, 2.24) is 0 Å². The number of allylic oxidation sites excluding steroid dienone is 1. The topological polar surface area (TPSA) is 0 Å². The second-order valence-electron chi connectivity index (χ2n) is 6.04. The third-order valence-corrected chi connectivity index (χ3v) is 3.89. The molecule has 0 atom stereocenters. The zero-order chi connectivity index (χ0) is 14.7. The van der Waals surface area contributed by atoms with E-state index in [0.29, 0.717) is 0 Å². The van der Waals surface area contributed by atoms with Crippen molar-refractivity contribution in [2.24, 2.45) is 0 Å². The highest BCUT2D eigenvalue weighted by Crippen LogP contribution is 2.11. The molecule has 0 saturated heterocycles. The van der Waals surface area contributed by atoms with Gasteiger partial charge in [0.2, 0.25) is 0 Å². The molecule has 0 nitrogen and oxygen atoms in total. The lowest BCUT2D eigenvalue weighted by molar-refractivity contribution is 0.557. The molecule has 118 valence electrons. The normalized spacial score (nSPS) is 10.3.